The fourth-order valence-corrected chi connectivity index (χ4v) is 6.51. The van der Waals surface area contributed by atoms with Gasteiger partial charge in [0.1, 0.15) is 18.2 Å². The Labute approximate surface area is 164 Å². The fourth-order valence-electron chi connectivity index (χ4n) is 1.95. The number of rotatable bonds is 10. The highest BCUT2D eigenvalue weighted by molar-refractivity contribution is 8.10. The minimum Gasteiger partial charge on any atom is -0.382 e. The van der Waals surface area contributed by atoms with E-state index in [-0.39, 0.29) is 12.4 Å². The topological polar surface area (TPSA) is 201 Å². The molecule has 0 amide bonds. The molecule has 0 spiro atoms. The lowest BCUT2D eigenvalue weighted by atomic mass is 10.4. The molecular formula is C10H18N5O9P3S. The van der Waals surface area contributed by atoms with E-state index < -0.39 is 34.6 Å². The van der Waals surface area contributed by atoms with Crippen LogP contribution >= 0.6 is 22.1 Å². The first-order chi connectivity index (χ1) is 12.8. The van der Waals surface area contributed by atoms with E-state index in [2.05, 4.69) is 28.1 Å². The maximum absolute atomic E-state index is 11.7. The van der Waals surface area contributed by atoms with E-state index >= 15 is 0 Å². The van der Waals surface area contributed by atoms with Crippen molar-refractivity contribution in [2.45, 2.75) is 19.6 Å². The van der Waals surface area contributed by atoms with Gasteiger partial charge in [0.15, 0.2) is 11.5 Å². The summed E-state index contributed by atoms with van der Waals surface area (Å²) in [4.78, 5) is 40.5. The van der Waals surface area contributed by atoms with Crippen LogP contribution in [0.5, 0.6) is 0 Å². The van der Waals surface area contributed by atoms with Crippen LogP contribution in [0.1, 0.15) is 6.92 Å². The van der Waals surface area contributed by atoms with E-state index in [4.69, 9.17) is 27.2 Å². The van der Waals surface area contributed by atoms with Crippen molar-refractivity contribution in [3.63, 3.8) is 0 Å². The number of fused-ring (bicyclic) bond motifs is 1. The lowest BCUT2D eigenvalue weighted by molar-refractivity contribution is 0.0811. The molecule has 0 aliphatic heterocycles. The molecule has 14 nitrogen and oxygen atoms in total. The van der Waals surface area contributed by atoms with Gasteiger partial charge in [-0.2, -0.15) is 4.31 Å². The summed E-state index contributed by atoms with van der Waals surface area (Å²) in [6.45, 7) is -2.14. The Bertz CT molecular complexity index is 987. The molecule has 0 aromatic carbocycles. The van der Waals surface area contributed by atoms with Gasteiger partial charge < -0.3 is 29.7 Å². The summed E-state index contributed by atoms with van der Waals surface area (Å²) in [5, 5.41) is 0. The first-order valence-electron chi connectivity index (χ1n) is 7.33. The molecule has 0 bridgehead atoms. The molecule has 28 heavy (non-hydrogen) atoms. The first kappa shape index (κ1) is 23.5. The van der Waals surface area contributed by atoms with Gasteiger partial charge in [-0.05, 0) is 18.7 Å². The fraction of sp³-hybridized carbons (Fsp3) is 0.500. The molecule has 4 atom stereocenters. The zero-order valence-corrected chi connectivity index (χ0v) is 18.1. The summed E-state index contributed by atoms with van der Waals surface area (Å²) in [7, 11) is -9.24. The predicted octanol–water partition coefficient (Wildman–Crippen LogP) is 0.953. The number of ether oxygens (including phenoxy) is 1. The van der Waals surface area contributed by atoms with Gasteiger partial charge in [0.25, 0.3) is 0 Å². The van der Waals surface area contributed by atoms with Gasteiger partial charge in [-0.25, -0.2) is 28.4 Å². The highest BCUT2D eigenvalue weighted by Crippen LogP contribution is 2.67. The van der Waals surface area contributed by atoms with E-state index in [1.807, 2.05) is 0 Å². The van der Waals surface area contributed by atoms with Crippen molar-refractivity contribution in [3.05, 3.63) is 12.7 Å². The van der Waals surface area contributed by atoms with Gasteiger partial charge in [0, 0.05) is 7.11 Å². The normalized spacial score (nSPS) is 19.6. The summed E-state index contributed by atoms with van der Waals surface area (Å²) in [6.07, 6.45) is 1.56. The minimum absolute atomic E-state index is 0.215. The summed E-state index contributed by atoms with van der Waals surface area (Å²) in [5.74, 6) is 0.215. The molecule has 0 aliphatic carbocycles. The van der Waals surface area contributed by atoms with E-state index in [0.29, 0.717) is 11.2 Å². The van der Waals surface area contributed by atoms with Crippen LogP contribution in [0.3, 0.4) is 0 Å². The zero-order chi connectivity index (χ0) is 21.2. The standard InChI is InChI=1S/C10H18N5O9P3S/c1-7(3-15-5-14-8-9(11)12-4-13-10(8)15)22-6-25(16,28)23-27(19,20)24-26(17,18)21-2/h4-5,7H,3,6H2,1-2H3,(H,16,28)(H,17,18)(H,19,20)(H2,11,12,13)/t7-,25?/m1/s1. The van der Waals surface area contributed by atoms with Crippen LogP contribution in [0, 0.1) is 0 Å². The van der Waals surface area contributed by atoms with Crippen LogP contribution in [0.4, 0.5) is 5.82 Å². The minimum atomic E-state index is -5.18. The molecule has 18 heteroatoms. The number of imidazole rings is 1. The van der Waals surface area contributed by atoms with Gasteiger partial charge >= 0.3 is 15.6 Å². The molecule has 0 radical (unpaired) electrons. The SMILES string of the molecule is COP(=O)(O)OP(=O)(O)OP(O)(=S)CO[C@H](C)Cn1cnc2c(N)ncnc21. The average molecular weight is 477 g/mol. The van der Waals surface area contributed by atoms with Crippen molar-refractivity contribution < 1.29 is 41.7 Å². The van der Waals surface area contributed by atoms with E-state index in [9.17, 15) is 18.9 Å². The summed E-state index contributed by atoms with van der Waals surface area (Å²) in [5.41, 5.74) is 6.58. The number of hydrogen-bond acceptors (Lipinski definition) is 11. The van der Waals surface area contributed by atoms with Crippen LogP contribution in [0.25, 0.3) is 11.2 Å². The summed E-state index contributed by atoms with van der Waals surface area (Å²) >= 11 is 4.72. The third-order valence-corrected chi connectivity index (χ3v) is 8.42. The Morgan fingerprint density at radius 2 is 1.89 bits per heavy atom. The number of hydrogen-bond donors (Lipinski definition) is 4. The molecule has 3 unspecified atom stereocenters. The van der Waals surface area contributed by atoms with Crippen LogP contribution in [0.15, 0.2) is 12.7 Å². The largest absolute Gasteiger partial charge is 0.486 e. The smallest absolute Gasteiger partial charge is 0.382 e. The number of anilines is 1. The van der Waals surface area contributed by atoms with Gasteiger partial charge in [-0.1, -0.05) is 0 Å². The lowest BCUT2D eigenvalue weighted by Crippen LogP contribution is -2.17. The molecule has 2 rings (SSSR count). The molecule has 0 saturated carbocycles. The second-order valence-corrected chi connectivity index (χ2v) is 12.1. The van der Waals surface area contributed by atoms with E-state index in [1.165, 1.54) is 12.7 Å². The number of nitrogens with zero attached hydrogens (tertiary/aromatic N) is 4. The summed E-state index contributed by atoms with van der Waals surface area (Å²) in [6, 6.07) is 0. The Morgan fingerprint density at radius 1 is 1.21 bits per heavy atom. The van der Waals surface area contributed by atoms with Gasteiger partial charge in [0.2, 0.25) is 6.49 Å². The highest BCUT2D eigenvalue weighted by Gasteiger charge is 2.38. The monoisotopic (exact) mass is 477 g/mol. The molecule has 0 fully saturated rings. The van der Waals surface area contributed by atoms with E-state index in [1.54, 1.807) is 11.5 Å². The van der Waals surface area contributed by atoms with Crippen LogP contribution in [-0.4, -0.2) is 53.8 Å². The Morgan fingerprint density at radius 3 is 2.54 bits per heavy atom. The maximum atomic E-state index is 11.7. The Kier molecular flexibility index (Phi) is 7.46. The molecule has 0 saturated heterocycles. The molecule has 2 heterocycles. The second-order valence-electron chi connectivity index (χ2n) is 5.35. The zero-order valence-electron chi connectivity index (χ0n) is 14.6. The maximum Gasteiger partial charge on any atom is 0.486 e. The van der Waals surface area contributed by atoms with Crippen LogP contribution in [-0.2, 0) is 45.4 Å². The third kappa shape index (κ3) is 6.61. The highest BCUT2D eigenvalue weighted by atomic mass is 32.5. The first-order valence-corrected chi connectivity index (χ1v) is 13.2. The molecule has 158 valence electrons. The lowest BCUT2D eigenvalue weighted by Gasteiger charge is -2.22. The van der Waals surface area contributed by atoms with Crippen molar-refractivity contribution in [3.8, 4) is 0 Å². The van der Waals surface area contributed by atoms with Crippen molar-refractivity contribution >= 4 is 50.9 Å². The van der Waals surface area contributed by atoms with Crippen LogP contribution in [0.2, 0.25) is 0 Å². The number of phosphoric ester groups is 1. The molecule has 2 aromatic rings. The van der Waals surface area contributed by atoms with Crippen molar-refractivity contribution in [2.75, 3.05) is 19.2 Å². The quantitative estimate of drug-likeness (QED) is 0.352. The number of nitrogens with two attached hydrogens (primary N) is 1. The third-order valence-electron chi connectivity index (χ3n) is 3.07. The Hall–Kier alpha value is -0.820. The van der Waals surface area contributed by atoms with Crippen molar-refractivity contribution in [1.29, 1.82) is 0 Å². The summed E-state index contributed by atoms with van der Waals surface area (Å²) < 4.78 is 42.2. The Balaban J connectivity index is 1.96. The van der Waals surface area contributed by atoms with Gasteiger partial charge in [-0.15, -0.1) is 0 Å². The van der Waals surface area contributed by atoms with E-state index in [0.717, 1.165) is 7.11 Å². The van der Waals surface area contributed by atoms with Crippen molar-refractivity contribution in [1.82, 2.24) is 19.5 Å². The molecule has 0 aliphatic rings. The van der Waals surface area contributed by atoms with Gasteiger partial charge in [0.05, 0.1) is 19.0 Å². The molecule has 5 N–H and O–H groups in total. The predicted molar refractivity (Wildman–Crippen MR) is 100 cm³/mol. The van der Waals surface area contributed by atoms with Gasteiger partial charge in [-0.3, -0.25) is 4.52 Å². The second kappa shape index (κ2) is 8.90. The number of phosphoric acid groups is 2. The molecular weight excluding hydrogens is 459 g/mol. The number of aromatic nitrogens is 4. The van der Waals surface area contributed by atoms with Crippen LogP contribution < -0.4 is 5.73 Å². The number of nitrogen functional groups attached to an aromatic ring is 1. The molecule has 2 aromatic heterocycles. The van der Waals surface area contributed by atoms with Crippen molar-refractivity contribution in [2.24, 2.45) is 0 Å². The average Bonchev–Trinajstić information content (AvgIpc) is 2.95.